The molecule has 0 aliphatic rings. The average molecular weight is 483 g/mol. The van der Waals surface area contributed by atoms with Gasteiger partial charge in [-0.05, 0) is 37.5 Å². The highest BCUT2D eigenvalue weighted by molar-refractivity contribution is 4.62. The van der Waals surface area contributed by atoms with E-state index >= 15 is 0 Å². The summed E-state index contributed by atoms with van der Waals surface area (Å²) < 4.78 is 48.9. The standard InChI is InChI=1S/C24H50O9/c1-25-13-17-29-9-5-23(6-10-30-18-14-26-2)21-33-22-24(7-11-31-19-15-27-3)8-12-32-20-16-28-4/h23-24H,5-22H2,1-4H3. The number of rotatable bonds is 28. The lowest BCUT2D eigenvalue weighted by atomic mass is 10.0. The van der Waals surface area contributed by atoms with E-state index in [9.17, 15) is 0 Å². The second-order valence-corrected chi connectivity index (χ2v) is 7.84. The van der Waals surface area contributed by atoms with Crippen LogP contribution in [0, 0.1) is 11.8 Å². The molecule has 0 aromatic carbocycles. The summed E-state index contributed by atoms with van der Waals surface area (Å²) in [4.78, 5) is 0. The largest absolute Gasteiger partial charge is 0.382 e. The molecule has 9 heteroatoms. The fourth-order valence-corrected chi connectivity index (χ4v) is 3.00. The van der Waals surface area contributed by atoms with E-state index in [1.54, 1.807) is 28.4 Å². The molecular formula is C24H50O9. The molecule has 200 valence electrons. The SMILES string of the molecule is COCCOCCC(CCOCCOC)COCC(CCOCCOC)CCOCCOC. The molecular weight excluding hydrogens is 432 g/mol. The Hall–Kier alpha value is -0.360. The van der Waals surface area contributed by atoms with Crippen LogP contribution in [-0.4, -0.2) is 121 Å². The third-order valence-electron chi connectivity index (χ3n) is 5.12. The molecule has 0 unspecified atom stereocenters. The summed E-state index contributed by atoms with van der Waals surface area (Å²) in [6.07, 6.45) is 3.73. The van der Waals surface area contributed by atoms with Crippen molar-refractivity contribution >= 4 is 0 Å². The van der Waals surface area contributed by atoms with Crippen molar-refractivity contribution < 1.29 is 42.6 Å². The molecule has 0 spiro atoms. The first kappa shape index (κ1) is 32.6. The van der Waals surface area contributed by atoms with E-state index in [4.69, 9.17) is 42.6 Å². The van der Waals surface area contributed by atoms with Crippen LogP contribution in [-0.2, 0) is 42.6 Å². The Bertz CT molecular complexity index is 301. The van der Waals surface area contributed by atoms with E-state index in [1.165, 1.54) is 0 Å². The van der Waals surface area contributed by atoms with Crippen molar-refractivity contribution in [2.24, 2.45) is 11.8 Å². The molecule has 0 bridgehead atoms. The summed E-state index contributed by atoms with van der Waals surface area (Å²) in [7, 11) is 6.72. The second-order valence-electron chi connectivity index (χ2n) is 7.84. The fraction of sp³-hybridized carbons (Fsp3) is 1.00. The van der Waals surface area contributed by atoms with Crippen molar-refractivity contribution in [2.45, 2.75) is 25.7 Å². The lowest BCUT2D eigenvalue weighted by Gasteiger charge is -2.21. The van der Waals surface area contributed by atoms with E-state index in [-0.39, 0.29) is 0 Å². The Balaban J connectivity index is 4.35. The molecule has 0 aliphatic heterocycles. The fourth-order valence-electron chi connectivity index (χ4n) is 3.00. The zero-order valence-corrected chi connectivity index (χ0v) is 21.6. The summed E-state index contributed by atoms with van der Waals surface area (Å²) >= 11 is 0. The third kappa shape index (κ3) is 24.6. The van der Waals surface area contributed by atoms with E-state index in [0.29, 0.717) is 104 Å². The zero-order chi connectivity index (χ0) is 24.2. The van der Waals surface area contributed by atoms with E-state index in [2.05, 4.69) is 0 Å². The minimum atomic E-state index is 0.381. The smallest absolute Gasteiger partial charge is 0.0700 e. The Morgan fingerprint density at radius 2 is 0.606 bits per heavy atom. The van der Waals surface area contributed by atoms with Crippen LogP contribution in [0.5, 0.6) is 0 Å². The second kappa shape index (κ2) is 27.9. The van der Waals surface area contributed by atoms with Gasteiger partial charge in [0.1, 0.15) is 0 Å². The Kier molecular flexibility index (Phi) is 27.6. The molecule has 0 aliphatic carbocycles. The lowest BCUT2D eigenvalue weighted by molar-refractivity contribution is 0.00609. The predicted molar refractivity (Wildman–Crippen MR) is 127 cm³/mol. The molecule has 0 saturated heterocycles. The van der Waals surface area contributed by atoms with Crippen LogP contribution in [0.4, 0.5) is 0 Å². The Labute approximate surface area is 201 Å². The summed E-state index contributed by atoms with van der Waals surface area (Å²) in [6, 6.07) is 0. The highest BCUT2D eigenvalue weighted by Crippen LogP contribution is 2.14. The highest BCUT2D eigenvalue weighted by atomic mass is 16.5. The molecule has 0 N–H and O–H groups in total. The van der Waals surface area contributed by atoms with Crippen molar-refractivity contribution in [1.29, 1.82) is 0 Å². The number of methoxy groups -OCH3 is 4. The highest BCUT2D eigenvalue weighted by Gasteiger charge is 2.14. The van der Waals surface area contributed by atoms with Crippen LogP contribution in [0.1, 0.15) is 25.7 Å². The van der Waals surface area contributed by atoms with Crippen LogP contribution in [0.3, 0.4) is 0 Å². The molecule has 0 fully saturated rings. The maximum atomic E-state index is 6.15. The lowest BCUT2D eigenvalue weighted by Crippen LogP contribution is -2.21. The van der Waals surface area contributed by atoms with E-state index < -0.39 is 0 Å². The summed E-state index contributed by atoms with van der Waals surface area (Å²) in [6.45, 7) is 9.06. The normalized spacial score (nSPS) is 11.8. The van der Waals surface area contributed by atoms with Crippen LogP contribution in [0.2, 0.25) is 0 Å². The molecule has 9 nitrogen and oxygen atoms in total. The molecule has 0 aromatic heterocycles. The average Bonchev–Trinajstić information content (AvgIpc) is 2.82. The van der Waals surface area contributed by atoms with Crippen molar-refractivity contribution in [3.05, 3.63) is 0 Å². The number of ether oxygens (including phenoxy) is 9. The molecule has 0 aromatic rings. The number of hydrogen-bond acceptors (Lipinski definition) is 9. The monoisotopic (exact) mass is 482 g/mol. The molecule has 0 heterocycles. The third-order valence-corrected chi connectivity index (χ3v) is 5.12. The molecule has 0 atom stereocenters. The van der Waals surface area contributed by atoms with Crippen molar-refractivity contribution in [1.82, 2.24) is 0 Å². The van der Waals surface area contributed by atoms with Gasteiger partial charge < -0.3 is 42.6 Å². The van der Waals surface area contributed by atoms with Crippen molar-refractivity contribution in [3.8, 4) is 0 Å². The van der Waals surface area contributed by atoms with Gasteiger partial charge in [0.25, 0.3) is 0 Å². The molecule has 0 amide bonds. The van der Waals surface area contributed by atoms with Crippen LogP contribution < -0.4 is 0 Å². The van der Waals surface area contributed by atoms with E-state index in [0.717, 1.165) is 25.7 Å². The first-order valence-corrected chi connectivity index (χ1v) is 12.1. The van der Waals surface area contributed by atoms with Crippen LogP contribution >= 0.6 is 0 Å². The summed E-state index contributed by atoms with van der Waals surface area (Å²) in [5, 5.41) is 0. The van der Waals surface area contributed by atoms with Crippen molar-refractivity contribution in [2.75, 3.05) is 121 Å². The van der Waals surface area contributed by atoms with Gasteiger partial charge in [0.15, 0.2) is 0 Å². The van der Waals surface area contributed by atoms with Crippen molar-refractivity contribution in [3.63, 3.8) is 0 Å². The summed E-state index contributed by atoms with van der Waals surface area (Å²) in [5.41, 5.74) is 0. The topological polar surface area (TPSA) is 83.1 Å². The van der Waals surface area contributed by atoms with Gasteiger partial charge in [-0.15, -0.1) is 0 Å². The first-order valence-electron chi connectivity index (χ1n) is 12.1. The predicted octanol–water partition coefficient (Wildman–Crippen LogP) is 2.45. The molecule has 0 saturated carbocycles. The van der Waals surface area contributed by atoms with Gasteiger partial charge >= 0.3 is 0 Å². The zero-order valence-electron chi connectivity index (χ0n) is 21.6. The number of hydrogen-bond donors (Lipinski definition) is 0. The van der Waals surface area contributed by atoms with Gasteiger partial charge in [-0.1, -0.05) is 0 Å². The minimum Gasteiger partial charge on any atom is -0.382 e. The Morgan fingerprint density at radius 1 is 0.333 bits per heavy atom. The maximum Gasteiger partial charge on any atom is 0.0700 e. The van der Waals surface area contributed by atoms with Gasteiger partial charge in [0.05, 0.1) is 52.9 Å². The van der Waals surface area contributed by atoms with Gasteiger partial charge in [-0.2, -0.15) is 0 Å². The first-order chi connectivity index (χ1) is 16.3. The molecule has 33 heavy (non-hydrogen) atoms. The quantitative estimate of drug-likeness (QED) is 0.156. The van der Waals surface area contributed by atoms with Crippen LogP contribution in [0.15, 0.2) is 0 Å². The van der Waals surface area contributed by atoms with Crippen LogP contribution in [0.25, 0.3) is 0 Å². The van der Waals surface area contributed by atoms with Gasteiger partial charge in [0.2, 0.25) is 0 Å². The molecule has 0 radical (unpaired) electrons. The van der Waals surface area contributed by atoms with Gasteiger partial charge in [-0.25, -0.2) is 0 Å². The maximum absolute atomic E-state index is 6.15. The van der Waals surface area contributed by atoms with E-state index in [1.807, 2.05) is 0 Å². The van der Waals surface area contributed by atoms with Gasteiger partial charge in [0, 0.05) is 68.1 Å². The molecule has 0 rings (SSSR count). The minimum absolute atomic E-state index is 0.381. The van der Waals surface area contributed by atoms with Gasteiger partial charge in [-0.3, -0.25) is 0 Å². The Morgan fingerprint density at radius 3 is 0.848 bits per heavy atom. The summed E-state index contributed by atoms with van der Waals surface area (Å²) in [5.74, 6) is 0.762.